The van der Waals surface area contributed by atoms with Crippen LogP contribution in [-0.2, 0) is 4.79 Å². The second-order valence-corrected chi connectivity index (χ2v) is 9.78. The van der Waals surface area contributed by atoms with Gasteiger partial charge in [-0.1, -0.05) is 68.8 Å². The highest BCUT2D eigenvalue weighted by molar-refractivity contribution is 7.99. The molecule has 6 nitrogen and oxygen atoms in total. The van der Waals surface area contributed by atoms with E-state index in [1.54, 1.807) is 0 Å². The Hall–Kier alpha value is -2.80. The van der Waals surface area contributed by atoms with Gasteiger partial charge in [0.1, 0.15) is 5.75 Å². The van der Waals surface area contributed by atoms with E-state index >= 15 is 0 Å². The van der Waals surface area contributed by atoms with Gasteiger partial charge in [0.25, 0.3) is 0 Å². The molecule has 1 aliphatic carbocycles. The third-order valence-corrected chi connectivity index (χ3v) is 6.88. The molecule has 7 heteroatoms. The summed E-state index contributed by atoms with van der Waals surface area (Å²) < 4.78 is 8.20. The molecule has 0 aliphatic heterocycles. The van der Waals surface area contributed by atoms with E-state index in [2.05, 4.69) is 41.5 Å². The standard InChI is InChI=1S/C26H32N4O2S/c1-18(2)20-13-15-23(16-14-20)32-19(3)25-28-29-26(30(25)22-11-5-4-6-12-22)33-17-24(31)27-21-9-7-8-10-21/h4-6,11-16,18-19,21H,7-10,17H2,1-3H3,(H,27,31). The van der Waals surface area contributed by atoms with E-state index in [-0.39, 0.29) is 12.0 Å². The van der Waals surface area contributed by atoms with Crippen LogP contribution in [0.15, 0.2) is 59.8 Å². The third kappa shape index (κ3) is 5.96. The van der Waals surface area contributed by atoms with Gasteiger partial charge in [-0.3, -0.25) is 9.36 Å². The molecule has 1 heterocycles. The summed E-state index contributed by atoms with van der Waals surface area (Å²) in [6.45, 7) is 6.32. The maximum absolute atomic E-state index is 12.5. The van der Waals surface area contributed by atoms with E-state index < -0.39 is 0 Å². The Morgan fingerprint density at radius 1 is 1.06 bits per heavy atom. The number of carbonyl (C=O) groups is 1. The normalized spacial score (nSPS) is 15.0. The van der Waals surface area contributed by atoms with Gasteiger partial charge in [0.2, 0.25) is 5.91 Å². The second kappa shape index (κ2) is 10.9. The van der Waals surface area contributed by atoms with E-state index in [9.17, 15) is 4.79 Å². The molecule has 2 aromatic carbocycles. The molecule has 1 aromatic heterocycles. The van der Waals surface area contributed by atoms with Crippen molar-refractivity contribution in [3.8, 4) is 11.4 Å². The molecular formula is C26H32N4O2S. The summed E-state index contributed by atoms with van der Waals surface area (Å²) in [5, 5.41) is 12.7. The first kappa shape index (κ1) is 23.4. The highest BCUT2D eigenvalue weighted by Gasteiger charge is 2.23. The molecule has 4 rings (SSSR count). The Kier molecular flexibility index (Phi) is 7.70. The van der Waals surface area contributed by atoms with Crippen LogP contribution in [0.1, 0.15) is 69.9 Å². The van der Waals surface area contributed by atoms with Gasteiger partial charge in [-0.2, -0.15) is 0 Å². The Bertz CT molecular complexity index is 1040. The van der Waals surface area contributed by atoms with Crippen LogP contribution in [0.2, 0.25) is 0 Å². The Balaban J connectivity index is 1.51. The average Bonchev–Trinajstić information content (AvgIpc) is 3.48. The highest BCUT2D eigenvalue weighted by atomic mass is 32.2. The molecular weight excluding hydrogens is 432 g/mol. The molecule has 1 unspecified atom stereocenters. The predicted octanol–water partition coefficient (Wildman–Crippen LogP) is 5.68. The summed E-state index contributed by atoms with van der Waals surface area (Å²) in [4.78, 5) is 12.5. The summed E-state index contributed by atoms with van der Waals surface area (Å²) in [6.07, 6.45) is 4.23. The van der Waals surface area contributed by atoms with Gasteiger partial charge in [0, 0.05) is 11.7 Å². The second-order valence-electron chi connectivity index (χ2n) is 8.83. The smallest absolute Gasteiger partial charge is 0.230 e. The molecule has 0 radical (unpaired) electrons. The number of thioether (sulfide) groups is 1. The number of para-hydroxylation sites is 1. The number of amides is 1. The third-order valence-electron chi connectivity index (χ3n) is 5.95. The van der Waals surface area contributed by atoms with Gasteiger partial charge >= 0.3 is 0 Å². The van der Waals surface area contributed by atoms with E-state index in [0.717, 1.165) is 24.3 Å². The minimum absolute atomic E-state index is 0.0469. The van der Waals surface area contributed by atoms with Gasteiger partial charge < -0.3 is 10.1 Å². The fourth-order valence-electron chi connectivity index (χ4n) is 4.12. The number of nitrogens with one attached hydrogen (secondary N) is 1. The molecule has 33 heavy (non-hydrogen) atoms. The fraction of sp³-hybridized carbons (Fsp3) is 0.423. The van der Waals surface area contributed by atoms with Crippen molar-refractivity contribution >= 4 is 17.7 Å². The number of carbonyl (C=O) groups excluding carboxylic acids is 1. The van der Waals surface area contributed by atoms with Crippen molar-refractivity contribution in [2.45, 2.75) is 69.7 Å². The molecule has 1 aliphatic rings. The minimum Gasteiger partial charge on any atom is -0.483 e. The number of ether oxygens (including phenoxy) is 1. The topological polar surface area (TPSA) is 69.0 Å². The van der Waals surface area contributed by atoms with Crippen molar-refractivity contribution in [3.63, 3.8) is 0 Å². The largest absolute Gasteiger partial charge is 0.483 e. The van der Waals surface area contributed by atoms with Gasteiger partial charge in [0.05, 0.1) is 5.75 Å². The van der Waals surface area contributed by atoms with Crippen molar-refractivity contribution in [3.05, 3.63) is 66.0 Å². The van der Waals surface area contributed by atoms with E-state index in [1.165, 1.54) is 30.2 Å². The molecule has 0 saturated heterocycles. The van der Waals surface area contributed by atoms with Gasteiger partial charge in [-0.25, -0.2) is 0 Å². The van der Waals surface area contributed by atoms with Gasteiger partial charge in [-0.05, 0) is 55.5 Å². The van der Waals surface area contributed by atoms with Crippen molar-refractivity contribution in [2.24, 2.45) is 0 Å². The number of benzene rings is 2. The van der Waals surface area contributed by atoms with Crippen LogP contribution in [0.3, 0.4) is 0 Å². The quantitative estimate of drug-likeness (QED) is 0.413. The molecule has 174 valence electrons. The molecule has 0 bridgehead atoms. The summed E-state index contributed by atoms with van der Waals surface area (Å²) in [6, 6.07) is 18.5. The summed E-state index contributed by atoms with van der Waals surface area (Å²) >= 11 is 1.40. The number of nitrogens with zero attached hydrogens (tertiary/aromatic N) is 3. The zero-order valence-corrected chi connectivity index (χ0v) is 20.3. The first-order valence-electron chi connectivity index (χ1n) is 11.7. The Morgan fingerprint density at radius 3 is 2.42 bits per heavy atom. The lowest BCUT2D eigenvalue weighted by Crippen LogP contribution is -2.33. The Morgan fingerprint density at radius 2 is 1.76 bits per heavy atom. The summed E-state index contributed by atoms with van der Waals surface area (Å²) in [5.41, 5.74) is 2.22. The first-order chi connectivity index (χ1) is 16.0. The zero-order chi connectivity index (χ0) is 23.2. The maximum atomic E-state index is 12.5. The Labute approximate surface area is 200 Å². The molecule has 1 atom stereocenters. The van der Waals surface area contributed by atoms with Crippen molar-refractivity contribution in [1.29, 1.82) is 0 Å². The van der Waals surface area contributed by atoms with E-state index in [0.29, 0.717) is 28.7 Å². The van der Waals surface area contributed by atoms with Gasteiger partial charge in [-0.15, -0.1) is 10.2 Å². The highest BCUT2D eigenvalue weighted by Crippen LogP contribution is 2.28. The summed E-state index contributed by atoms with van der Waals surface area (Å²) in [5.74, 6) is 2.33. The minimum atomic E-state index is -0.315. The molecule has 1 saturated carbocycles. The van der Waals surface area contributed by atoms with Crippen LogP contribution in [0.25, 0.3) is 5.69 Å². The monoisotopic (exact) mass is 464 g/mol. The molecule has 1 N–H and O–H groups in total. The van der Waals surface area contributed by atoms with Gasteiger partial charge in [0.15, 0.2) is 17.1 Å². The first-order valence-corrected chi connectivity index (χ1v) is 12.7. The molecule has 1 amide bonds. The van der Waals surface area contributed by atoms with Crippen molar-refractivity contribution < 1.29 is 9.53 Å². The number of rotatable bonds is 9. The molecule has 0 spiro atoms. The van der Waals surface area contributed by atoms with E-state index in [1.807, 2.05) is 54.0 Å². The lowest BCUT2D eigenvalue weighted by Gasteiger charge is -2.17. The lowest BCUT2D eigenvalue weighted by molar-refractivity contribution is -0.119. The molecule has 1 fully saturated rings. The summed E-state index contributed by atoms with van der Waals surface area (Å²) in [7, 11) is 0. The fourth-order valence-corrected chi connectivity index (χ4v) is 4.89. The SMILES string of the molecule is CC(C)c1ccc(OC(C)c2nnc(SCC(=O)NC3CCCC3)n2-c2ccccc2)cc1. The lowest BCUT2D eigenvalue weighted by atomic mass is 10.0. The predicted molar refractivity (Wildman–Crippen MR) is 132 cm³/mol. The van der Waals surface area contributed by atoms with Crippen LogP contribution in [0.4, 0.5) is 0 Å². The van der Waals surface area contributed by atoms with Crippen molar-refractivity contribution in [2.75, 3.05) is 5.75 Å². The average molecular weight is 465 g/mol. The van der Waals surface area contributed by atoms with Crippen LogP contribution in [0.5, 0.6) is 5.75 Å². The van der Waals surface area contributed by atoms with Crippen LogP contribution in [-0.4, -0.2) is 32.5 Å². The van der Waals surface area contributed by atoms with Crippen LogP contribution in [0, 0.1) is 0 Å². The molecule has 3 aromatic rings. The van der Waals surface area contributed by atoms with E-state index in [4.69, 9.17) is 4.74 Å². The van der Waals surface area contributed by atoms with Crippen LogP contribution >= 0.6 is 11.8 Å². The number of aromatic nitrogens is 3. The maximum Gasteiger partial charge on any atom is 0.230 e. The number of hydrogen-bond acceptors (Lipinski definition) is 5. The number of hydrogen-bond donors (Lipinski definition) is 1. The zero-order valence-electron chi connectivity index (χ0n) is 19.5. The van der Waals surface area contributed by atoms with Crippen LogP contribution < -0.4 is 10.1 Å². The van der Waals surface area contributed by atoms with Crippen molar-refractivity contribution in [1.82, 2.24) is 20.1 Å².